The summed E-state index contributed by atoms with van der Waals surface area (Å²) in [6, 6.07) is 0. The molecule has 0 heterocycles. The van der Waals surface area contributed by atoms with E-state index in [1.165, 1.54) is 122 Å². The highest BCUT2D eigenvalue weighted by molar-refractivity contribution is 4.61. The van der Waals surface area contributed by atoms with Crippen LogP contribution in [0.5, 0.6) is 0 Å². The van der Waals surface area contributed by atoms with Crippen molar-refractivity contribution in [3.8, 4) is 0 Å². The van der Waals surface area contributed by atoms with Crippen LogP contribution in [0, 0.1) is 23.7 Å². The zero-order valence-corrected chi connectivity index (χ0v) is 19.7. The Morgan fingerprint density at radius 3 is 0.481 bits per heavy atom. The average Bonchev–Trinajstić information content (AvgIpc) is 3.16. The first-order valence-electron chi connectivity index (χ1n) is 13.1. The molecule has 0 spiro atoms. The zero-order valence-electron chi connectivity index (χ0n) is 19.7. The van der Waals surface area contributed by atoms with Crippen molar-refractivity contribution in [1.82, 2.24) is 0 Å². The molecular formula is C27H54. The van der Waals surface area contributed by atoms with E-state index in [-0.39, 0.29) is 0 Å². The van der Waals surface area contributed by atoms with Gasteiger partial charge in [-0.15, -0.1) is 0 Å². The number of hydrogen-bond donors (Lipinski definition) is 0. The lowest BCUT2D eigenvalue weighted by Gasteiger charge is -2.15. The molecule has 0 bridgehead atoms. The Kier molecular flexibility index (Phi) is 15.7. The van der Waals surface area contributed by atoms with Crippen molar-refractivity contribution in [2.75, 3.05) is 0 Å². The fraction of sp³-hybridized carbons (Fsp3) is 1.00. The molecule has 0 saturated heterocycles. The summed E-state index contributed by atoms with van der Waals surface area (Å²) < 4.78 is 0. The van der Waals surface area contributed by atoms with E-state index in [2.05, 4.69) is 27.7 Å². The molecule has 0 unspecified atom stereocenters. The van der Waals surface area contributed by atoms with Crippen molar-refractivity contribution in [3.05, 3.63) is 0 Å². The molecule has 0 aromatic heterocycles. The van der Waals surface area contributed by atoms with Gasteiger partial charge in [-0.1, -0.05) is 150 Å². The summed E-state index contributed by atoms with van der Waals surface area (Å²) in [6.07, 6.45) is 28.3. The lowest BCUT2D eigenvalue weighted by molar-refractivity contribution is 0.385. The number of hydrogen-bond acceptors (Lipinski definition) is 0. The minimum Gasteiger partial charge on any atom is -0.0625 e. The van der Waals surface area contributed by atoms with Crippen LogP contribution in [-0.2, 0) is 0 Å². The molecule has 4 fully saturated rings. The molecule has 0 radical (unpaired) electrons. The predicted octanol–water partition coefficient (Wildman–Crippen LogP) is 9.96. The van der Waals surface area contributed by atoms with Crippen molar-refractivity contribution < 1.29 is 0 Å². The highest BCUT2D eigenvalue weighted by Crippen LogP contribution is 2.24. The summed E-state index contributed by atoms with van der Waals surface area (Å²) in [4.78, 5) is 0. The second-order valence-electron chi connectivity index (χ2n) is 10.6. The molecular weight excluding hydrogens is 324 g/mol. The van der Waals surface area contributed by atoms with Crippen LogP contribution in [0.25, 0.3) is 0 Å². The molecule has 0 heteroatoms. The lowest BCUT2D eigenvalue weighted by atomic mass is 9.91. The molecule has 162 valence electrons. The van der Waals surface area contributed by atoms with Crippen molar-refractivity contribution in [3.63, 3.8) is 0 Å². The predicted molar refractivity (Wildman–Crippen MR) is 124 cm³/mol. The Morgan fingerprint density at radius 2 is 0.407 bits per heavy atom. The van der Waals surface area contributed by atoms with Gasteiger partial charge in [-0.3, -0.25) is 0 Å². The highest BCUT2D eigenvalue weighted by Gasteiger charge is 2.08. The molecule has 0 aliphatic heterocycles. The van der Waals surface area contributed by atoms with Crippen LogP contribution in [0.2, 0.25) is 0 Å². The van der Waals surface area contributed by atoms with Gasteiger partial charge in [0.05, 0.1) is 0 Å². The molecule has 0 amide bonds. The van der Waals surface area contributed by atoms with E-state index in [0.717, 1.165) is 23.7 Å². The summed E-state index contributed by atoms with van der Waals surface area (Å²) >= 11 is 0. The third kappa shape index (κ3) is 15.6. The Balaban J connectivity index is 0.000000180. The molecule has 4 aliphatic rings. The van der Waals surface area contributed by atoms with Gasteiger partial charge in [0.25, 0.3) is 0 Å². The molecule has 0 aromatic carbocycles. The van der Waals surface area contributed by atoms with Gasteiger partial charge in [-0.25, -0.2) is 0 Å². The summed E-state index contributed by atoms with van der Waals surface area (Å²) in [5, 5.41) is 0. The molecule has 0 nitrogen and oxygen atoms in total. The minimum absolute atomic E-state index is 1.04. The van der Waals surface area contributed by atoms with E-state index < -0.39 is 0 Å². The normalized spacial score (nSPS) is 25.3. The Bertz CT molecular complexity index is 245. The first kappa shape index (κ1) is 25.0. The average molecular weight is 379 g/mol. The standard InChI is InChI=1S/3C7H14.C6H12/c3*1-7-5-3-2-4-6-7;1-6-4-2-3-5-6/h3*7H,2-6H2,1H3;6H,2-5H2,1H3. The van der Waals surface area contributed by atoms with Crippen LogP contribution in [-0.4, -0.2) is 0 Å². The fourth-order valence-corrected chi connectivity index (χ4v) is 5.05. The quantitative estimate of drug-likeness (QED) is 0.393. The maximum Gasteiger partial charge on any atom is -0.0443 e. The van der Waals surface area contributed by atoms with Gasteiger partial charge >= 0.3 is 0 Å². The Hall–Kier alpha value is 0. The van der Waals surface area contributed by atoms with Crippen LogP contribution >= 0.6 is 0 Å². The van der Waals surface area contributed by atoms with Gasteiger partial charge in [-0.2, -0.15) is 0 Å². The third-order valence-corrected chi connectivity index (χ3v) is 7.33. The van der Waals surface area contributed by atoms with Crippen molar-refractivity contribution in [1.29, 1.82) is 0 Å². The molecule has 4 saturated carbocycles. The first-order valence-corrected chi connectivity index (χ1v) is 13.1. The minimum atomic E-state index is 1.04. The molecule has 4 aliphatic carbocycles. The SMILES string of the molecule is CC1CCCC1.CC1CCCCC1.CC1CCCCC1.CC1CCCCC1. The van der Waals surface area contributed by atoms with Crippen molar-refractivity contribution in [2.24, 2.45) is 23.7 Å². The van der Waals surface area contributed by atoms with Gasteiger partial charge in [0.2, 0.25) is 0 Å². The lowest BCUT2D eigenvalue weighted by Crippen LogP contribution is -1.99. The van der Waals surface area contributed by atoms with E-state index in [0.29, 0.717) is 0 Å². The second-order valence-corrected chi connectivity index (χ2v) is 10.6. The van der Waals surface area contributed by atoms with Crippen LogP contribution in [0.3, 0.4) is 0 Å². The summed E-state index contributed by atoms with van der Waals surface area (Å²) in [5.74, 6) is 4.15. The Morgan fingerprint density at radius 1 is 0.259 bits per heavy atom. The van der Waals surface area contributed by atoms with E-state index in [4.69, 9.17) is 0 Å². The summed E-state index contributed by atoms with van der Waals surface area (Å²) in [6.45, 7) is 9.42. The smallest absolute Gasteiger partial charge is 0.0443 e. The number of rotatable bonds is 0. The highest BCUT2D eigenvalue weighted by atomic mass is 14.1. The third-order valence-electron chi connectivity index (χ3n) is 7.33. The summed E-state index contributed by atoms with van der Waals surface area (Å²) in [7, 11) is 0. The van der Waals surface area contributed by atoms with E-state index in [1.807, 2.05) is 0 Å². The van der Waals surface area contributed by atoms with Gasteiger partial charge in [0, 0.05) is 0 Å². The van der Waals surface area contributed by atoms with Crippen LogP contribution in [0.15, 0.2) is 0 Å². The van der Waals surface area contributed by atoms with Gasteiger partial charge in [-0.05, 0) is 23.7 Å². The second kappa shape index (κ2) is 16.9. The van der Waals surface area contributed by atoms with E-state index in [1.54, 1.807) is 0 Å². The molecule has 0 aromatic rings. The van der Waals surface area contributed by atoms with E-state index in [9.17, 15) is 0 Å². The zero-order chi connectivity index (χ0) is 19.7. The maximum atomic E-state index is 2.36. The van der Waals surface area contributed by atoms with Crippen LogP contribution < -0.4 is 0 Å². The van der Waals surface area contributed by atoms with E-state index >= 15 is 0 Å². The van der Waals surface area contributed by atoms with Crippen LogP contribution in [0.4, 0.5) is 0 Å². The van der Waals surface area contributed by atoms with Gasteiger partial charge < -0.3 is 0 Å². The van der Waals surface area contributed by atoms with Crippen LogP contribution in [0.1, 0.15) is 150 Å². The first-order chi connectivity index (χ1) is 13.1. The monoisotopic (exact) mass is 378 g/mol. The van der Waals surface area contributed by atoms with Gasteiger partial charge in [0.1, 0.15) is 0 Å². The largest absolute Gasteiger partial charge is 0.0625 e. The fourth-order valence-electron chi connectivity index (χ4n) is 5.05. The molecule has 4 rings (SSSR count). The maximum absolute atomic E-state index is 2.36. The summed E-state index contributed by atoms with van der Waals surface area (Å²) in [5.41, 5.74) is 0. The topological polar surface area (TPSA) is 0 Å². The Labute approximate surface area is 173 Å². The molecule has 27 heavy (non-hydrogen) atoms. The van der Waals surface area contributed by atoms with Crippen molar-refractivity contribution in [2.45, 2.75) is 150 Å². The van der Waals surface area contributed by atoms with Gasteiger partial charge in [0.15, 0.2) is 0 Å². The molecule has 0 N–H and O–H groups in total. The van der Waals surface area contributed by atoms with Crippen molar-refractivity contribution >= 4 is 0 Å². The molecule has 0 atom stereocenters.